The summed E-state index contributed by atoms with van der Waals surface area (Å²) in [5, 5.41) is 3.40. The molecule has 1 atom stereocenters. The highest BCUT2D eigenvalue weighted by molar-refractivity contribution is 5.94. The predicted octanol–water partition coefficient (Wildman–Crippen LogP) is 2.95. The van der Waals surface area contributed by atoms with E-state index in [1.54, 1.807) is 0 Å². The van der Waals surface area contributed by atoms with Crippen LogP contribution < -0.4 is 5.32 Å². The number of carbonyl (C=O) groups is 2. The SMILES string of the molecule is CCN(CC)C(=O)c1ccc(C(c2ccc(C(=O)OC)cc2)N2CCNCC2)cc1. The fraction of sp³-hybridized carbons (Fsp3) is 0.417. The average molecular weight is 410 g/mol. The molecule has 2 aromatic carbocycles. The van der Waals surface area contributed by atoms with Crippen LogP contribution in [-0.2, 0) is 4.74 Å². The van der Waals surface area contributed by atoms with Crippen LogP contribution in [0.4, 0.5) is 0 Å². The zero-order valence-corrected chi connectivity index (χ0v) is 18.1. The fourth-order valence-corrected chi connectivity index (χ4v) is 3.98. The van der Waals surface area contributed by atoms with Gasteiger partial charge < -0.3 is 15.0 Å². The minimum absolute atomic E-state index is 0.0627. The van der Waals surface area contributed by atoms with Gasteiger partial charge in [0.15, 0.2) is 0 Å². The maximum absolute atomic E-state index is 12.7. The molecule has 1 unspecified atom stereocenters. The zero-order chi connectivity index (χ0) is 21.5. The summed E-state index contributed by atoms with van der Waals surface area (Å²) in [4.78, 5) is 28.7. The van der Waals surface area contributed by atoms with Crippen LogP contribution in [0.2, 0.25) is 0 Å². The van der Waals surface area contributed by atoms with Crippen molar-refractivity contribution in [3.63, 3.8) is 0 Å². The molecule has 1 N–H and O–H groups in total. The van der Waals surface area contributed by atoms with Crippen LogP contribution in [0.15, 0.2) is 48.5 Å². The summed E-state index contributed by atoms with van der Waals surface area (Å²) in [6.45, 7) is 9.14. The Kier molecular flexibility index (Phi) is 7.60. The van der Waals surface area contributed by atoms with E-state index in [1.807, 2.05) is 55.1 Å². The summed E-state index contributed by atoms with van der Waals surface area (Å²) in [6, 6.07) is 15.6. The Labute approximate surface area is 178 Å². The molecule has 3 rings (SSSR count). The van der Waals surface area contributed by atoms with Gasteiger partial charge in [-0.2, -0.15) is 0 Å². The molecule has 1 aliphatic rings. The first kappa shape index (κ1) is 22.0. The zero-order valence-electron chi connectivity index (χ0n) is 18.1. The van der Waals surface area contributed by atoms with Crippen LogP contribution in [0.25, 0.3) is 0 Å². The molecule has 0 bridgehead atoms. The van der Waals surface area contributed by atoms with Crippen molar-refractivity contribution in [2.75, 3.05) is 46.4 Å². The Morgan fingerprint density at radius 2 is 1.43 bits per heavy atom. The molecule has 1 saturated heterocycles. The van der Waals surface area contributed by atoms with Crippen LogP contribution in [0.3, 0.4) is 0 Å². The lowest BCUT2D eigenvalue weighted by atomic mass is 9.94. The van der Waals surface area contributed by atoms with Crippen molar-refractivity contribution >= 4 is 11.9 Å². The lowest BCUT2D eigenvalue weighted by Crippen LogP contribution is -2.45. The van der Waals surface area contributed by atoms with Crippen LogP contribution in [-0.4, -0.2) is 68.1 Å². The Hall–Kier alpha value is -2.70. The molecule has 2 aromatic rings. The van der Waals surface area contributed by atoms with E-state index in [4.69, 9.17) is 4.74 Å². The van der Waals surface area contributed by atoms with Gasteiger partial charge >= 0.3 is 5.97 Å². The van der Waals surface area contributed by atoms with Gasteiger partial charge in [0.25, 0.3) is 5.91 Å². The van der Waals surface area contributed by atoms with Crippen molar-refractivity contribution in [3.05, 3.63) is 70.8 Å². The third kappa shape index (κ3) is 4.89. The number of methoxy groups -OCH3 is 1. The molecular formula is C24H31N3O3. The molecule has 0 aromatic heterocycles. The minimum atomic E-state index is -0.334. The molecule has 160 valence electrons. The largest absolute Gasteiger partial charge is 0.465 e. The first-order valence-electron chi connectivity index (χ1n) is 10.6. The first-order chi connectivity index (χ1) is 14.6. The van der Waals surface area contributed by atoms with Crippen molar-refractivity contribution in [2.45, 2.75) is 19.9 Å². The standard InChI is InChI=1S/C24H31N3O3/c1-4-26(5-2)23(28)20-10-6-18(7-11-20)22(27-16-14-25-15-17-27)19-8-12-21(13-9-19)24(29)30-3/h6-13,22,25H,4-5,14-17H2,1-3H3. The van der Waals surface area contributed by atoms with E-state index in [0.717, 1.165) is 37.3 Å². The number of hydrogen-bond acceptors (Lipinski definition) is 5. The van der Waals surface area contributed by atoms with E-state index in [2.05, 4.69) is 22.3 Å². The molecule has 6 heteroatoms. The van der Waals surface area contributed by atoms with Gasteiger partial charge in [0.2, 0.25) is 0 Å². The molecule has 1 heterocycles. The fourth-order valence-electron chi connectivity index (χ4n) is 3.98. The van der Waals surface area contributed by atoms with Crippen LogP contribution in [0, 0.1) is 0 Å². The molecule has 1 amide bonds. The van der Waals surface area contributed by atoms with Crippen molar-refractivity contribution in [1.29, 1.82) is 0 Å². The summed E-state index contributed by atoms with van der Waals surface area (Å²) in [5.41, 5.74) is 3.51. The second-order valence-corrected chi connectivity index (χ2v) is 7.40. The maximum Gasteiger partial charge on any atom is 0.337 e. The number of rotatable bonds is 7. The molecule has 1 fully saturated rings. The molecule has 6 nitrogen and oxygen atoms in total. The molecule has 0 aliphatic carbocycles. The van der Waals surface area contributed by atoms with E-state index >= 15 is 0 Å². The van der Waals surface area contributed by atoms with E-state index < -0.39 is 0 Å². The van der Waals surface area contributed by atoms with Crippen LogP contribution >= 0.6 is 0 Å². The number of benzene rings is 2. The highest BCUT2D eigenvalue weighted by Gasteiger charge is 2.24. The smallest absolute Gasteiger partial charge is 0.337 e. The van der Waals surface area contributed by atoms with Crippen molar-refractivity contribution in [2.24, 2.45) is 0 Å². The summed E-state index contributed by atoms with van der Waals surface area (Å²) < 4.78 is 4.82. The number of esters is 1. The summed E-state index contributed by atoms with van der Waals surface area (Å²) >= 11 is 0. The second-order valence-electron chi connectivity index (χ2n) is 7.40. The number of piperazine rings is 1. The number of hydrogen-bond donors (Lipinski definition) is 1. The summed E-state index contributed by atoms with van der Waals surface area (Å²) in [6.07, 6.45) is 0. The van der Waals surface area contributed by atoms with Crippen molar-refractivity contribution in [3.8, 4) is 0 Å². The van der Waals surface area contributed by atoms with Gasteiger partial charge in [0, 0.05) is 44.8 Å². The van der Waals surface area contributed by atoms with E-state index in [9.17, 15) is 9.59 Å². The van der Waals surface area contributed by atoms with E-state index in [1.165, 1.54) is 7.11 Å². The Balaban J connectivity index is 1.91. The molecule has 0 spiro atoms. The number of amides is 1. The predicted molar refractivity (Wildman–Crippen MR) is 118 cm³/mol. The lowest BCUT2D eigenvalue weighted by molar-refractivity contribution is 0.0600. The third-order valence-electron chi connectivity index (χ3n) is 5.69. The normalized spacial score (nSPS) is 15.4. The molecular weight excluding hydrogens is 378 g/mol. The first-order valence-corrected chi connectivity index (χ1v) is 10.6. The number of carbonyl (C=O) groups excluding carboxylic acids is 2. The van der Waals surface area contributed by atoms with Crippen LogP contribution in [0.1, 0.15) is 51.7 Å². The van der Waals surface area contributed by atoms with E-state index in [0.29, 0.717) is 24.2 Å². The van der Waals surface area contributed by atoms with Gasteiger partial charge in [-0.05, 0) is 49.2 Å². The highest BCUT2D eigenvalue weighted by atomic mass is 16.5. The number of ether oxygens (including phenoxy) is 1. The number of nitrogens with one attached hydrogen (secondary N) is 1. The van der Waals surface area contributed by atoms with Gasteiger partial charge in [0.05, 0.1) is 18.7 Å². The third-order valence-corrected chi connectivity index (χ3v) is 5.69. The quantitative estimate of drug-likeness (QED) is 0.713. The average Bonchev–Trinajstić information content (AvgIpc) is 2.81. The number of nitrogens with zero attached hydrogens (tertiary/aromatic N) is 2. The molecule has 30 heavy (non-hydrogen) atoms. The van der Waals surface area contributed by atoms with Gasteiger partial charge in [0.1, 0.15) is 0 Å². The minimum Gasteiger partial charge on any atom is -0.465 e. The van der Waals surface area contributed by atoms with Crippen molar-refractivity contribution < 1.29 is 14.3 Å². The topological polar surface area (TPSA) is 61.9 Å². The van der Waals surface area contributed by atoms with Crippen LogP contribution in [0.5, 0.6) is 0 Å². The Bertz CT molecular complexity index is 839. The lowest BCUT2D eigenvalue weighted by Gasteiger charge is -2.35. The molecule has 0 radical (unpaired) electrons. The molecule has 1 aliphatic heterocycles. The van der Waals surface area contributed by atoms with E-state index in [-0.39, 0.29) is 17.9 Å². The highest BCUT2D eigenvalue weighted by Crippen LogP contribution is 2.30. The molecule has 0 saturated carbocycles. The van der Waals surface area contributed by atoms with Gasteiger partial charge in [-0.1, -0.05) is 24.3 Å². The summed E-state index contributed by atoms with van der Waals surface area (Å²) in [7, 11) is 1.39. The Morgan fingerprint density at radius 1 is 0.933 bits per heavy atom. The summed E-state index contributed by atoms with van der Waals surface area (Å²) in [5.74, 6) is -0.271. The Morgan fingerprint density at radius 3 is 1.90 bits per heavy atom. The second kappa shape index (κ2) is 10.4. The van der Waals surface area contributed by atoms with Crippen molar-refractivity contribution in [1.82, 2.24) is 15.1 Å². The maximum atomic E-state index is 12.7. The van der Waals surface area contributed by atoms with Gasteiger partial charge in [-0.25, -0.2) is 4.79 Å². The van der Waals surface area contributed by atoms with Gasteiger partial charge in [-0.3, -0.25) is 9.69 Å². The monoisotopic (exact) mass is 409 g/mol. The van der Waals surface area contributed by atoms with Gasteiger partial charge in [-0.15, -0.1) is 0 Å².